The molecule has 0 heterocycles. The Balaban J connectivity index is 3.63. The zero-order chi connectivity index (χ0) is 14.9. The number of aromatic carboxylic acids is 1. The highest BCUT2D eigenvalue weighted by Gasteiger charge is 2.34. The van der Waals surface area contributed by atoms with Gasteiger partial charge in [0.1, 0.15) is 11.7 Å². The van der Waals surface area contributed by atoms with Gasteiger partial charge in [-0.3, -0.25) is 0 Å². The van der Waals surface area contributed by atoms with Gasteiger partial charge < -0.3 is 15.3 Å². The van der Waals surface area contributed by atoms with Crippen LogP contribution in [-0.2, 0) is 0 Å². The van der Waals surface area contributed by atoms with E-state index in [1.807, 2.05) is 0 Å². The largest absolute Gasteiger partial charge is 0.477 e. The van der Waals surface area contributed by atoms with Crippen LogP contribution in [0.15, 0.2) is 0 Å². The van der Waals surface area contributed by atoms with E-state index >= 15 is 0 Å². The van der Waals surface area contributed by atoms with E-state index in [0.29, 0.717) is 0 Å². The van der Waals surface area contributed by atoms with Crippen LogP contribution in [0.3, 0.4) is 0 Å². The van der Waals surface area contributed by atoms with Gasteiger partial charge in [0, 0.05) is 0 Å². The molecule has 0 amide bonds. The van der Waals surface area contributed by atoms with Crippen molar-refractivity contribution in [2.75, 3.05) is 0 Å². The number of hydrogen-bond donors (Lipinski definition) is 3. The van der Waals surface area contributed by atoms with E-state index in [2.05, 4.69) is 0 Å². The molecule has 0 saturated carbocycles. The van der Waals surface area contributed by atoms with Gasteiger partial charge in [-0.2, -0.15) is 5.26 Å². The van der Waals surface area contributed by atoms with Crippen LogP contribution in [0.25, 0.3) is 0 Å². The quantitative estimate of drug-likeness (QED) is 0.432. The van der Waals surface area contributed by atoms with Crippen LogP contribution in [0.4, 0.5) is 17.6 Å². The highest BCUT2D eigenvalue weighted by Crippen LogP contribution is 2.30. The van der Waals surface area contributed by atoms with Crippen LogP contribution in [-0.4, -0.2) is 27.4 Å². The van der Waals surface area contributed by atoms with E-state index in [4.69, 9.17) is 15.5 Å². The smallest absolute Gasteiger partial charge is 0.341 e. The number of carboxylic acids is 1. The third kappa shape index (κ3) is 2.35. The first kappa shape index (κ1) is 14.9. The van der Waals surface area contributed by atoms with Crippen LogP contribution >= 0.6 is 0 Å². The lowest BCUT2D eigenvalue weighted by Gasteiger charge is -2.15. The van der Waals surface area contributed by atoms with Crippen molar-refractivity contribution in [3.05, 3.63) is 34.4 Å². The molecule has 2 atom stereocenters. The van der Waals surface area contributed by atoms with Crippen molar-refractivity contribution in [2.45, 2.75) is 12.2 Å². The Morgan fingerprint density at radius 1 is 1.05 bits per heavy atom. The fourth-order valence-electron chi connectivity index (χ4n) is 1.32. The Hall–Kier alpha value is -2.18. The molecule has 102 valence electrons. The Bertz CT molecular complexity index is 555. The second-order valence-electron chi connectivity index (χ2n) is 3.37. The molecule has 1 aromatic rings. The number of aliphatic hydroxyl groups excluding tert-OH is 2. The van der Waals surface area contributed by atoms with Crippen molar-refractivity contribution in [1.82, 2.24) is 0 Å². The summed E-state index contributed by atoms with van der Waals surface area (Å²) in [5, 5.41) is 34.7. The van der Waals surface area contributed by atoms with Gasteiger partial charge in [0.05, 0.1) is 11.6 Å². The average molecular weight is 279 g/mol. The SMILES string of the molecule is N#CC(O)C(O)c1c(F)c(F)c(C(=O)O)c(F)c1F. The molecule has 0 bridgehead atoms. The third-order valence-electron chi connectivity index (χ3n) is 2.24. The molecule has 0 fully saturated rings. The number of aliphatic hydroxyl groups is 2. The molecule has 1 aromatic carbocycles. The summed E-state index contributed by atoms with van der Waals surface area (Å²) >= 11 is 0. The Kier molecular flexibility index (Phi) is 4.08. The minimum absolute atomic E-state index is 1.00. The number of rotatable bonds is 3. The van der Waals surface area contributed by atoms with Crippen LogP contribution in [0.1, 0.15) is 22.0 Å². The molecule has 1 rings (SSSR count). The molecule has 0 spiro atoms. The number of carboxylic acid groups (broad SMARTS) is 1. The molecule has 0 radical (unpaired) electrons. The Morgan fingerprint density at radius 2 is 1.47 bits per heavy atom. The fourth-order valence-corrected chi connectivity index (χ4v) is 1.32. The summed E-state index contributed by atoms with van der Waals surface area (Å²) in [6.07, 6.45) is -4.92. The van der Waals surface area contributed by atoms with Gasteiger partial charge in [0.25, 0.3) is 0 Å². The number of benzene rings is 1. The maximum absolute atomic E-state index is 13.4. The number of nitrogens with zero attached hydrogens (tertiary/aromatic N) is 1. The molecule has 0 saturated heterocycles. The molecule has 0 aliphatic heterocycles. The lowest BCUT2D eigenvalue weighted by atomic mass is 10.0. The number of halogens is 4. The predicted molar refractivity (Wildman–Crippen MR) is 49.8 cm³/mol. The van der Waals surface area contributed by atoms with Gasteiger partial charge in [-0.15, -0.1) is 0 Å². The Morgan fingerprint density at radius 3 is 1.79 bits per heavy atom. The number of hydrogen-bond acceptors (Lipinski definition) is 4. The molecule has 9 heteroatoms. The third-order valence-corrected chi connectivity index (χ3v) is 2.24. The summed E-state index contributed by atoms with van der Waals surface area (Å²) in [7, 11) is 0. The summed E-state index contributed by atoms with van der Waals surface area (Å²) in [4.78, 5) is 10.4. The fraction of sp³-hybridized carbons (Fsp3) is 0.200. The van der Waals surface area contributed by atoms with Gasteiger partial charge in [0.15, 0.2) is 29.4 Å². The van der Waals surface area contributed by atoms with Crippen molar-refractivity contribution < 1.29 is 37.7 Å². The topological polar surface area (TPSA) is 102 Å². The van der Waals surface area contributed by atoms with Crippen molar-refractivity contribution in [1.29, 1.82) is 5.26 Å². The van der Waals surface area contributed by atoms with Crippen molar-refractivity contribution >= 4 is 5.97 Å². The zero-order valence-electron chi connectivity index (χ0n) is 8.86. The number of carbonyl (C=O) groups is 1. The van der Waals surface area contributed by atoms with E-state index in [1.54, 1.807) is 0 Å². The van der Waals surface area contributed by atoms with Crippen LogP contribution < -0.4 is 0 Å². The molecule has 2 unspecified atom stereocenters. The molecule has 0 aromatic heterocycles. The predicted octanol–water partition coefficient (Wildman–Crippen LogP) is 0.859. The molecule has 0 aliphatic rings. The monoisotopic (exact) mass is 279 g/mol. The summed E-state index contributed by atoms with van der Waals surface area (Å²) < 4.78 is 53.3. The van der Waals surface area contributed by atoms with Gasteiger partial charge in [-0.05, 0) is 0 Å². The molecule has 0 aliphatic carbocycles. The van der Waals surface area contributed by atoms with E-state index in [0.717, 1.165) is 6.07 Å². The Labute approximate surface area is 102 Å². The van der Waals surface area contributed by atoms with Gasteiger partial charge >= 0.3 is 5.97 Å². The standard InChI is InChI=1S/C10H5F4NO4/c11-5-3(9(17)2(16)1-15)6(12)8(14)4(7(5)13)10(18)19/h2,9,16-17H,(H,18,19). The summed E-state index contributed by atoms with van der Waals surface area (Å²) in [6, 6.07) is 1.00. The minimum atomic E-state index is -2.57. The van der Waals surface area contributed by atoms with E-state index in [9.17, 15) is 27.5 Å². The summed E-state index contributed by atoms with van der Waals surface area (Å²) in [6.45, 7) is 0. The maximum atomic E-state index is 13.4. The zero-order valence-corrected chi connectivity index (χ0v) is 8.86. The van der Waals surface area contributed by atoms with Crippen molar-refractivity contribution in [3.63, 3.8) is 0 Å². The average Bonchev–Trinajstić information content (AvgIpc) is 2.35. The lowest BCUT2D eigenvalue weighted by molar-refractivity contribution is 0.0461. The minimum Gasteiger partial charge on any atom is -0.477 e. The molecular weight excluding hydrogens is 274 g/mol. The lowest BCUT2D eigenvalue weighted by Crippen LogP contribution is -2.22. The van der Waals surface area contributed by atoms with E-state index < -0.39 is 52.6 Å². The molecule has 3 N–H and O–H groups in total. The van der Waals surface area contributed by atoms with E-state index in [-0.39, 0.29) is 0 Å². The highest BCUT2D eigenvalue weighted by molar-refractivity contribution is 5.88. The molecular formula is C10H5F4NO4. The second kappa shape index (κ2) is 5.21. The maximum Gasteiger partial charge on any atom is 0.341 e. The normalized spacial score (nSPS) is 13.7. The summed E-state index contributed by atoms with van der Waals surface area (Å²) in [5.74, 6) is -11.1. The first-order chi connectivity index (χ1) is 8.73. The van der Waals surface area contributed by atoms with Crippen molar-refractivity contribution in [3.8, 4) is 6.07 Å². The van der Waals surface area contributed by atoms with Crippen LogP contribution in [0.2, 0.25) is 0 Å². The summed E-state index contributed by atoms with van der Waals surface area (Å²) in [5.41, 5.74) is -3.54. The van der Waals surface area contributed by atoms with Crippen LogP contribution in [0.5, 0.6) is 0 Å². The van der Waals surface area contributed by atoms with Gasteiger partial charge in [-0.25, -0.2) is 22.4 Å². The highest BCUT2D eigenvalue weighted by atomic mass is 19.2. The first-order valence-electron chi connectivity index (χ1n) is 4.58. The van der Waals surface area contributed by atoms with Crippen LogP contribution in [0, 0.1) is 34.6 Å². The first-order valence-corrected chi connectivity index (χ1v) is 4.58. The van der Waals surface area contributed by atoms with Gasteiger partial charge in [0.2, 0.25) is 0 Å². The number of nitriles is 1. The van der Waals surface area contributed by atoms with Gasteiger partial charge in [-0.1, -0.05) is 0 Å². The van der Waals surface area contributed by atoms with Crippen molar-refractivity contribution in [2.24, 2.45) is 0 Å². The molecule has 19 heavy (non-hydrogen) atoms. The second-order valence-corrected chi connectivity index (χ2v) is 3.37. The molecule has 5 nitrogen and oxygen atoms in total. The van der Waals surface area contributed by atoms with E-state index in [1.165, 1.54) is 0 Å².